The predicted octanol–water partition coefficient (Wildman–Crippen LogP) is 1.76. The fourth-order valence-electron chi connectivity index (χ4n) is 1.63. The average molecular weight is 270 g/mol. The highest BCUT2D eigenvalue weighted by atomic mass is 19.4. The van der Waals surface area contributed by atoms with E-state index < -0.39 is 12.4 Å². The summed E-state index contributed by atoms with van der Waals surface area (Å²) in [5, 5.41) is 3.88. The summed E-state index contributed by atoms with van der Waals surface area (Å²) in [5.41, 5.74) is -0.178. The van der Waals surface area contributed by atoms with Crippen LogP contribution in [0.2, 0.25) is 0 Å². The Labute approximate surface area is 108 Å². The van der Waals surface area contributed by atoms with E-state index in [1.165, 1.54) is 12.4 Å². The van der Waals surface area contributed by atoms with Crippen LogP contribution in [0.5, 0.6) is 5.75 Å². The van der Waals surface area contributed by atoms with Crippen molar-refractivity contribution in [2.75, 3.05) is 0 Å². The Bertz CT molecular complexity index is 583. The normalized spacial score (nSPS) is 11.6. The summed E-state index contributed by atoms with van der Waals surface area (Å²) in [4.78, 5) is 3.97. The third-order valence-corrected chi connectivity index (χ3v) is 2.74. The van der Waals surface area contributed by atoms with Gasteiger partial charge in [-0.3, -0.25) is 4.68 Å². The maximum atomic E-state index is 12.6. The molecule has 0 aliphatic carbocycles. The van der Waals surface area contributed by atoms with E-state index >= 15 is 0 Å². The van der Waals surface area contributed by atoms with Crippen LogP contribution in [0.25, 0.3) is 0 Å². The molecular weight excluding hydrogens is 258 g/mol. The fourth-order valence-corrected chi connectivity index (χ4v) is 1.63. The zero-order valence-corrected chi connectivity index (χ0v) is 10.5. The van der Waals surface area contributed by atoms with Gasteiger partial charge in [0.05, 0.1) is 0 Å². The van der Waals surface area contributed by atoms with E-state index in [4.69, 9.17) is 4.74 Å². The number of hydrogen-bond donors (Lipinski definition) is 0. The molecule has 0 radical (unpaired) electrons. The van der Waals surface area contributed by atoms with Gasteiger partial charge in [-0.1, -0.05) is 12.1 Å². The van der Waals surface area contributed by atoms with Gasteiger partial charge in [0.15, 0.2) is 5.82 Å². The van der Waals surface area contributed by atoms with Crippen molar-refractivity contribution in [3.63, 3.8) is 0 Å². The van der Waals surface area contributed by atoms with E-state index in [1.54, 1.807) is 18.7 Å². The minimum Gasteiger partial charge on any atom is -0.485 e. The molecule has 0 aliphatic heterocycles. The Morgan fingerprint density at radius 3 is 2.58 bits per heavy atom. The van der Waals surface area contributed by atoms with Crippen LogP contribution in [-0.2, 0) is 13.7 Å². The molecule has 4 nitrogen and oxygen atoms in total. The average Bonchev–Trinajstić information content (AvgIpc) is 2.72. The van der Waals surface area contributed by atoms with Crippen molar-refractivity contribution in [2.45, 2.75) is 13.5 Å². The van der Waals surface area contributed by atoms with Crippen molar-refractivity contribution in [1.82, 2.24) is 14.8 Å². The largest absolute Gasteiger partial charge is 0.509 e. The van der Waals surface area contributed by atoms with Crippen molar-refractivity contribution in [1.29, 1.82) is 0 Å². The van der Waals surface area contributed by atoms with Gasteiger partial charge in [-0.2, -0.15) is 5.10 Å². The number of aromatic nitrogens is 3. The van der Waals surface area contributed by atoms with Gasteiger partial charge in [0, 0.05) is 7.05 Å². The van der Waals surface area contributed by atoms with Crippen LogP contribution in [0, 0.1) is 6.92 Å². The molecule has 8 heteroatoms. The van der Waals surface area contributed by atoms with Crippen LogP contribution >= 0.6 is 0 Å². The zero-order valence-electron chi connectivity index (χ0n) is 10.5. The summed E-state index contributed by atoms with van der Waals surface area (Å²) in [7, 11) is 1.72. The van der Waals surface area contributed by atoms with Crippen molar-refractivity contribution in [3.05, 3.63) is 35.9 Å². The number of hydrogen-bond acceptors (Lipinski definition) is 3. The van der Waals surface area contributed by atoms with E-state index in [2.05, 4.69) is 10.1 Å². The number of rotatable bonds is 4. The maximum absolute atomic E-state index is 12.6. The number of nitrogens with zero attached hydrogens (tertiary/aromatic N) is 3. The molecule has 19 heavy (non-hydrogen) atoms. The Morgan fingerprint density at radius 1 is 1.32 bits per heavy atom. The van der Waals surface area contributed by atoms with Gasteiger partial charge in [-0.25, -0.2) is 4.98 Å². The minimum atomic E-state index is -4.98. The van der Waals surface area contributed by atoms with E-state index in [1.807, 2.05) is 0 Å². The molecule has 2 aromatic rings. The number of benzene rings is 1. The first-order valence-corrected chi connectivity index (χ1v) is 5.64. The van der Waals surface area contributed by atoms with Crippen molar-refractivity contribution in [2.24, 2.45) is 7.05 Å². The molecule has 2 rings (SSSR count). The number of aryl methyl sites for hydroxylation is 2. The molecule has 0 aliphatic rings. The number of ether oxygens (including phenoxy) is 1. The molecule has 1 heterocycles. The highest BCUT2D eigenvalue weighted by Crippen LogP contribution is 2.19. The van der Waals surface area contributed by atoms with Crippen LogP contribution < -0.4 is 10.2 Å². The van der Waals surface area contributed by atoms with Crippen LogP contribution in [0.3, 0.4) is 0 Å². The molecule has 0 fully saturated rings. The lowest BCUT2D eigenvalue weighted by molar-refractivity contribution is 0.288. The molecule has 0 atom stereocenters. The van der Waals surface area contributed by atoms with Crippen molar-refractivity contribution >= 4 is 12.4 Å². The molecule has 1 aromatic carbocycles. The molecule has 0 spiro atoms. The molecule has 1 aromatic heterocycles. The molecule has 102 valence electrons. The topological polar surface area (TPSA) is 39.9 Å². The molecule has 0 N–H and O–H groups in total. The highest BCUT2D eigenvalue weighted by Gasteiger charge is 2.25. The Hall–Kier alpha value is -1.99. The Morgan fingerprint density at radius 2 is 2.05 bits per heavy atom. The lowest BCUT2D eigenvalue weighted by Gasteiger charge is -2.17. The van der Waals surface area contributed by atoms with Gasteiger partial charge in [0.25, 0.3) is 0 Å². The first-order chi connectivity index (χ1) is 8.88. The smallest absolute Gasteiger partial charge is 0.485 e. The predicted molar refractivity (Wildman–Crippen MR) is 65.2 cm³/mol. The quantitative estimate of drug-likeness (QED) is 0.795. The third kappa shape index (κ3) is 3.07. The van der Waals surface area contributed by atoms with Crippen molar-refractivity contribution in [3.8, 4) is 5.75 Å². The van der Waals surface area contributed by atoms with Crippen LogP contribution in [0.1, 0.15) is 11.4 Å². The second kappa shape index (κ2) is 4.95. The maximum Gasteiger partial charge on any atom is 0.509 e. The molecule has 0 bridgehead atoms. The molecule has 0 amide bonds. The second-order valence-electron chi connectivity index (χ2n) is 4.19. The van der Waals surface area contributed by atoms with Gasteiger partial charge >= 0.3 is 6.98 Å². The monoisotopic (exact) mass is 270 g/mol. The first kappa shape index (κ1) is 13.4. The molecule has 0 unspecified atom stereocenters. The summed E-state index contributed by atoms with van der Waals surface area (Å²) in [6.07, 6.45) is 1.39. The second-order valence-corrected chi connectivity index (χ2v) is 4.19. The first-order valence-electron chi connectivity index (χ1n) is 5.64. The van der Waals surface area contributed by atoms with Crippen LogP contribution in [-0.4, -0.2) is 21.7 Å². The van der Waals surface area contributed by atoms with Gasteiger partial charge in [0.2, 0.25) is 0 Å². The molecular formula is C11H12BF3N3O-. The van der Waals surface area contributed by atoms with E-state index in [0.717, 1.165) is 12.1 Å². The van der Waals surface area contributed by atoms with Crippen molar-refractivity contribution < 1.29 is 17.7 Å². The Kier molecular flexibility index (Phi) is 3.50. The highest BCUT2D eigenvalue weighted by molar-refractivity contribution is 6.73. The molecule has 0 saturated heterocycles. The minimum absolute atomic E-state index is 0.161. The van der Waals surface area contributed by atoms with Gasteiger partial charge in [-0.05, 0) is 18.6 Å². The fraction of sp³-hybridized carbons (Fsp3) is 0.273. The van der Waals surface area contributed by atoms with Crippen LogP contribution in [0.15, 0.2) is 24.5 Å². The third-order valence-electron chi connectivity index (χ3n) is 2.74. The number of halogens is 3. The lowest BCUT2D eigenvalue weighted by Crippen LogP contribution is -2.34. The van der Waals surface area contributed by atoms with Crippen LogP contribution in [0.4, 0.5) is 12.9 Å². The Balaban J connectivity index is 2.12. The van der Waals surface area contributed by atoms with E-state index in [0.29, 0.717) is 17.1 Å². The zero-order chi connectivity index (χ0) is 14.0. The summed E-state index contributed by atoms with van der Waals surface area (Å²) < 4.78 is 44.7. The SMILES string of the molecule is Cc1cc([B-](F)(F)F)ccc1OCc1ncnn1C. The lowest BCUT2D eigenvalue weighted by atomic mass is 9.79. The summed E-state index contributed by atoms with van der Waals surface area (Å²) in [6.45, 7) is -3.24. The summed E-state index contributed by atoms with van der Waals surface area (Å²) in [6, 6.07) is 3.45. The summed E-state index contributed by atoms with van der Waals surface area (Å²) >= 11 is 0. The van der Waals surface area contributed by atoms with Gasteiger partial charge in [-0.15, -0.1) is 5.46 Å². The summed E-state index contributed by atoms with van der Waals surface area (Å²) in [5.74, 6) is 1.01. The van der Waals surface area contributed by atoms with Gasteiger partial charge in [0.1, 0.15) is 18.7 Å². The molecule has 0 saturated carbocycles. The standard InChI is InChI=1S/C11H12BF3N3O/c1-8-5-9(12(13,14)15)3-4-10(8)19-6-11-16-7-17-18(11)2/h3-5,7H,6H2,1-2H3/q-1. The van der Waals surface area contributed by atoms with E-state index in [-0.39, 0.29) is 6.61 Å². The van der Waals surface area contributed by atoms with E-state index in [9.17, 15) is 12.9 Å². The van der Waals surface area contributed by atoms with Gasteiger partial charge < -0.3 is 17.7 Å².